The molecule has 0 fully saturated rings. The summed E-state index contributed by atoms with van der Waals surface area (Å²) < 4.78 is 0. The Balaban J connectivity index is 2.82. The summed E-state index contributed by atoms with van der Waals surface area (Å²) in [6.07, 6.45) is 3.04. The molecule has 0 aromatic carbocycles. The molecule has 1 aromatic rings. The van der Waals surface area contributed by atoms with Crippen molar-refractivity contribution in [3.8, 4) is 0 Å². The standard InChI is InChI=1S/C11H15N3O3/c1-11(2,10(12)17)3-7-4-14-8(5-13-7)9(16)6-15/h4-5,15H,3,6H2,1-2H3,(H2,12,17). The lowest BCUT2D eigenvalue weighted by Crippen LogP contribution is -2.33. The Kier molecular flexibility index (Phi) is 3.90. The Morgan fingerprint density at radius 2 is 2.00 bits per heavy atom. The molecule has 0 aliphatic heterocycles. The molecule has 0 atom stereocenters. The van der Waals surface area contributed by atoms with Gasteiger partial charge in [-0.25, -0.2) is 4.98 Å². The molecule has 0 saturated heterocycles. The van der Waals surface area contributed by atoms with Gasteiger partial charge in [-0.2, -0.15) is 0 Å². The van der Waals surface area contributed by atoms with Crippen molar-refractivity contribution >= 4 is 11.7 Å². The quantitative estimate of drug-likeness (QED) is 0.684. The van der Waals surface area contributed by atoms with Crippen LogP contribution in [-0.4, -0.2) is 33.4 Å². The van der Waals surface area contributed by atoms with Crippen molar-refractivity contribution in [1.29, 1.82) is 0 Å². The van der Waals surface area contributed by atoms with E-state index in [2.05, 4.69) is 9.97 Å². The number of ketones is 1. The zero-order chi connectivity index (χ0) is 13.1. The van der Waals surface area contributed by atoms with Crippen LogP contribution in [0.15, 0.2) is 12.4 Å². The molecule has 1 rings (SSSR count). The maximum atomic E-state index is 11.1. The highest BCUT2D eigenvalue weighted by atomic mass is 16.3. The predicted octanol–water partition coefficient (Wildman–Crippen LogP) is -0.294. The van der Waals surface area contributed by atoms with E-state index in [1.54, 1.807) is 13.8 Å². The summed E-state index contributed by atoms with van der Waals surface area (Å²) in [5.41, 5.74) is 5.21. The van der Waals surface area contributed by atoms with E-state index < -0.39 is 23.7 Å². The number of hydrogen-bond donors (Lipinski definition) is 2. The van der Waals surface area contributed by atoms with Crippen LogP contribution in [0, 0.1) is 5.41 Å². The minimum absolute atomic E-state index is 0.105. The van der Waals surface area contributed by atoms with E-state index in [-0.39, 0.29) is 5.69 Å². The highest BCUT2D eigenvalue weighted by molar-refractivity contribution is 5.94. The van der Waals surface area contributed by atoms with Crippen LogP contribution in [-0.2, 0) is 11.2 Å². The van der Waals surface area contributed by atoms with Crippen LogP contribution in [0.5, 0.6) is 0 Å². The summed E-state index contributed by atoms with van der Waals surface area (Å²) in [6, 6.07) is 0. The molecule has 0 spiro atoms. The van der Waals surface area contributed by atoms with Gasteiger partial charge in [0.15, 0.2) is 0 Å². The molecule has 3 N–H and O–H groups in total. The van der Waals surface area contributed by atoms with Crippen LogP contribution >= 0.6 is 0 Å². The summed E-state index contributed by atoms with van der Waals surface area (Å²) in [5.74, 6) is -0.909. The zero-order valence-corrected chi connectivity index (χ0v) is 9.80. The van der Waals surface area contributed by atoms with E-state index in [1.807, 2.05) is 0 Å². The molecule has 1 heterocycles. The van der Waals surface area contributed by atoms with Crippen LogP contribution in [0.2, 0.25) is 0 Å². The third-order valence-electron chi connectivity index (χ3n) is 2.42. The molecular formula is C11H15N3O3. The largest absolute Gasteiger partial charge is 0.388 e. The Bertz CT molecular complexity index is 426. The van der Waals surface area contributed by atoms with Crippen LogP contribution in [0.1, 0.15) is 30.0 Å². The van der Waals surface area contributed by atoms with Gasteiger partial charge in [0.05, 0.1) is 11.9 Å². The number of carbonyl (C=O) groups is 2. The molecule has 1 aromatic heterocycles. The molecular weight excluding hydrogens is 222 g/mol. The highest BCUT2D eigenvalue weighted by Gasteiger charge is 2.26. The summed E-state index contributed by atoms with van der Waals surface area (Å²) in [7, 11) is 0. The Labute approximate surface area is 98.9 Å². The third-order valence-corrected chi connectivity index (χ3v) is 2.42. The second-order valence-corrected chi connectivity index (χ2v) is 4.40. The molecule has 0 saturated carbocycles. The van der Waals surface area contributed by atoms with Gasteiger partial charge >= 0.3 is 0 Å². The van der Waals surface area contributed by atoms with E-state index in [0.29, 0.717) is 12.1 Å². The summed E-state index contributed by atoms with van der Waals surface area (Å²) >= 11 is 0. The lowest BCUT2D eigenvalue weighted by Gasteiger charge is -2.19. The van der Waals surface area contributed by atoms with E-state index in [9.17, 15) is 9.59 Å². The van der Waals surface area contributed by atoms with Gasteiger partial charge in [-0.15, -0.1) is 0 Å². The van der Waals surface area contributed by atoms with Crippen molar-refractivity contribution in [3.63, 3.8) is 0 Å². The van der Waals surface area contributed by atoms with Crippen molar-refractivity contribution in [2.45, 2.75) is 20.3 Å². The molecule has 0 bridgehead atoms. The van der Waals surface area contributed by atoms with E-state index in [0.717, 1.165) is 0 Å². The van der Waals surface area contributed by atoms with Gasteiger partial charge in [-0.3, -0.25) is 14.6 Å². The van der Waals surface area contributed by atoms with Crippen LogP contribution in [0.3, 0.4) is 0 Å². The monoisotopic (exact) mass is 237 g/mol. The normalized spacial score (nSPS) is 11.2. The third kappa shape index (κ3) is 3.32. The molecule has 6 heteroatoms. The number of aliphatic hydroxyl groups excluding tert-OH is 1. The highest BCUT2D eigenvalue weighted by Crippen LogP contribution is 2.19. The molecule has 0 radical (unpaired) electrons. The van der Waals surface area contributed by atoms with Crippen molar-refractivity contribution in [2.24, 2.45) is 11.1 Å². The zero-order valence-electron chi connectivity index (χ0n) is 9.80. The van der Waals surface area contributed by atoms with E-state index >= 15 is 0 Å². The smallest absolute Gasteiger partial charge is 0.223 e. The molecule has 1 amide bonds. The van der Waals surface area contributed by atoms with Crippen molar-refractivity contribution in [1.82, 2.24) is 9.97 Å². The van der Waals surface area contributed by atoms with Crippen molar-refractivity contribution in [2.75, 3.05) is 6.61 Å². The van der Waals surface area contributed by atoms with Gasteiger partial charge in [0, 0.05) is 18.0 Å². The predicted molar refractivity (Wildman–Crippen MR) is 60.1 cm³/mol. The fourth-order valence-electron chi connectivity index (χ4n) is 1.21. The topological polar surface area (TPSA) is 106 Å². The fraction of sp³-hybridized carbons (Fsp3) is 0.455. The molecule has 92 valence electrons. The Hall–Kier alpha value is -1.82. The lowest BCUT2D eigenvalue weighted by atomic mass is 9.87. The molecule has 0 aliphatic rings. The van der Waals surface area contributed by atoms with Gasteiger partial charge in [-0.1, -0.05) is 13.8 Å². The fourth-order valence-corrected chi connectivity index (χ4v) is 1.21. The molecule has 17 heavy (non-hydrogen) atoms. The van der Waals surface area contributed by atoms with Crippen LogP contribution in [0.25, 0.3) is 0 Å². The number of aliphatic hydroxyl groups is 1. The number of primary amides is 1. The maximum Gasteiger partial charge on any atom is 0.223 e. The first kappa shape index (κ1) is 13.2. The first-order chi connectivity index (χ1) is 7.86. The van der Waals surface area contributed by atoms with Crippen molar-refractivity contribution < 1.29 is 14.7 Å². The maximum absolute atomic E-state index is 11.1. The summed E-state index contributed by atoms with van der Waals surface area (Å²) in [4.78, 5) is 30.1. The second-order valence-electron chi connectivity index (χ2n) is 4.40. The second kappa shape index (κ2) is 5.01. The van der Waals surface area contributed by atoms with E-state index in [4.69, 9.17) is 10.8 Å². The SMILES string of the molecule is CC(C)(Cc1cnc(C(=O)CO)cn1)C(N)=O. The number of nitrogens with zero attached hydrogens (tertiary/aromatic N) is 2. The van der Waals surface area contributed by atoms with Gasteiger partial charge in [-0.05, 0) is 0 Å². The first-order valence-corrected chi connectivity index (χ1v) is 5.11. The molecule has 6 nitrogen and oxygen atoms in total. The van der Waals surface area contributed by atoms with Crippen molar-refractivity contribution in [3.05, 3.63) is 23.8 Å². The average Bonchev–Trinajstić information content (AvgIpc) is 2.28. The van der Waals surface area contributed by atoms with E-state index in [1.165, 1.54) is 12.4 Å². The van der Waals surface area contributed by atoms with Crippen LogP contribution in [0.4, 0.5) is 0 Å². The minimum atomic E-state index is -0.711. The lowest BCUT2D eigenvalue weighted by molar-refractivity contribution is -0.125. The summed E-state index contributed by atoms with van der Waals surface area (Å²) in [5, 5.41) is 8.64. The summed E-state index contributed by atoms with van der Waals surface area (Å²) in [6.45, 7) is 2.83. The van der Waals surface area contributed by atoms with Gasteiger partial charge in [0.1, 0.15) is 12.3 Å². The number of Topliss-reactive ketones (excluding diaryl/α,β-unsaturated/α-hetero) is 1. The van der Waals surface area contributed by atoms with Gasteiger partial charge in [0.25, 0.3) is 0 Å². The number of carbonyl (C=O) groups excluding carboxylic acids is 2. The number of amides is 1. The van der Waals surface area contributed by atoms with Gasteiger partial charge in [0.2, 0.25) is 11.7 Å². The molecule has 0 aliphatic carbocycles. The minimum Gasteiger partial charge on any atom is -0.388 e. The average molecular weight is 237 g/mol. The Morgan fingerprint density at radius 3 is 2.41 bits per heavy atom. The molecule has 0 unspecified atom stereocenters. The number of aromatic nitrogens is 2. The van der Waals surface area contributed by atoms with Gasteiger partial charge < -0.3 is 10.8 Å². The Morgan fingerprint density at radius 1 is 1.35 bits per heavy atom. The van der Waals surface area contributed by atoms with Crippen LogP contribution < -0.4 is 5.73 Å². The first-order valence-electron chi connectivity index (χ1n) is 5.11. The number of rotatable bonds is 5. The number of nitrogens with two attached hydrogens (primary N) is 1. The number of hydrogen-bond acceptors (Lipinski definition) is 5.